The van der Waals surface area contributed by atoms with Gasteiger partial charge in [0.2, 0.25) is 4.96 Å². The van der Waals surface area contributed by atoms with Gasteiger partial charge in [-0.05, 0) is 61.6 Å². The van der Waals surface area contributed by atoms with E-state index in [9.17, 15) is 4.79 Å². The molecule has 0 saturated carbocycles. The largest absolute Gasteiger partial charge is 0.332 e. The number of amides is 1. The maximum Gasteiger partial charge on any atom is 0.257 e. The highest BCUT2D eigenvalue weighted by molar-refractivity contribution is 7.80. The van der Waals surface area contributed by atoms with Gasteiger partial charge < -0.3 is 5.32 Å². The van der Waals surface area contributed by atoms with E-state index in [2.05, 4.69) is 34.7 Å². The van der Waals surface area contributed by atoms with E-state index in [4.69, 9.17) is 12.2 Å². The van der Waals surface area contributed by atoms with E-state index in [-0.39, 0.29) is 11.0 Å². The quantitative estimate of drug-likeness (QED) is 0.401. The zero-order valence-corrected chi connectivity index (χ0v) is 17.8. The molecule has 1 amide bonds. The molecule has 9 nitrogen and oxygen atoms in total. The second-order valence-corrected chi connectivity index (χ2v) is 8.19. The number of carbonyl (C=O) groups is 1. The first-order chi connectivity index (χ1) is 14.6. The predicted octanol–water partition coefficient (Wildman–Crippen LogP) is 3.29. The number of fused-ring (bicyclic) bond motifs is 2. The molecule has 0 aliphatic rings. The zero-order valence-electron chi connectivity index (χ0n) is 15.4. The molecule has 0 bridgehead atoms. The Morgan fingerprint density at radius 2 is 1.87 bits per heavy atom. The van der Waals surface area contributed by atoms with Crippen LogP contribution < -0.4 is 10.6 Å². The fourth-order valence-electron chi connectivity index (χ4n) is 2.79. The maximum atomic E-state index is 12.4. The molecule has 0 radical (unpaired) electrons. The minimum Gasteiger partial charge on any atom is -0.332 e. The Morgan fingerprint density at radius 1 is 1.07 bits per heavy atom. The van der Waals surface area contributed by atoms with Crippen molar-refractivity contribution in [3.05, 3.63) is 53.9 Å². The van der Waals surface area contributed by atoms with Gasteiger partial charge in [-0.3, -0.25) is 10.1 Å². The van der Waals surface area contributed by atoms with Crippen LogP contribution in [0.2, 0.25) is 0 Å². The van der Waals surface area contributed by atoms with Crippen LogP contribution in [0.3, 0.4) is 0 Å². The van der Waals surface area contributed by atoms with Gasteiger partial charge in [-0.2, -0.15) is 18.4 Å². The van der Waals surface area contributed by atoms with Gasteiger partial charge in [-0.15, -0.1) is 10.2 Å². The maximum absolute atomic E-state index is 12.4. The summed E-state index contributed by atoms with van der Waals surface area (Å²) in [5.41, 5.74) is 3.62. The van der Waals surface area contributed by atoms with Crippen molar-refractivity contribution in [2.45, 2.75) is 6.92 Å². The van der Waals surface area contributed by atoms with E-state index in [1.54, 1.807) is 22.7 Å². The highest BCUT2D eigenvalue weighted by atomic mass is 32.1. The smallest absolute Gasteiger partial charge is 0.257 e. The zero-order chi connectivity index (χ0) is 20.7. The number of rotatable bonds is 3. The third-order valence-electron chi connectivity index (χ3n) is 4.28. The Balaban J connectivity index is 1.25. The lowest BCUT2D eigenvalue weighted by Crippen LogP contribution is -2.34. The number of aryl methyl sites for hydroxylation is 1. The molecule has 3 aromatic heterocycles. The highest BCUT2D eigenvalue weighted by Crippen LogP contribution is 2.26. The lowest BCUT2D eigenvalue weighted by molar-refractivity contribution is 0.0978. The lowest BCUT2D eigenvalue weighted by Gasteiger charge is -2.10. The van der Waals surface area contributed by atoms with Gasteiger partial charge in [-0.25, -0.2) is 0 Å². The van der Waals surface area contributed by atoms with Gasteiger partial charge in [-0.1, -0.05) is 11.3 Å². The summed E-state index contributed by atoms with van der Waals surface area (Å²) in [6, 6.07) is 12.7. The normalized spacial score (nSPS) is 11.1. The van der Waals surface area contributed by atoms with Gasteiger partial charge in [0, 0.05) is 16.8 Å². The van der Waals surface area contributed by atoms with Crippen molar-refractivity contribution in [1.29, 1.82) is 0 Å². The molecule has 2 N–H and O–H groups in total. The van der Waals surface area contributed by atoms with Crippen LogP contribution in [0, 0.1) is 6.92 Å². The van der Waals surface area contributed by atoms with Gasteiger partial charge in [0.15, 0.2) is 10.9 Å². The van der Waals surface area contributed by atoms with Crippen LogP contribution in [0.15, 0.2) is 42.5 Å². The highest BCUT2D eigenvalue weighted by Gasteiger charge is 2.12. The Kier molecular flexibility index (Phi) is 4.65. The first-order valence-corrected chi connectivity index (χ1v) is 10.7. The van der Waals surface area contributed by atoms with Crippen molar-refractivity contribution in [1.82, 2.24) is 33.9 Å². The molecule has 0 atom stereocenters. The van der Waals surface area contributed by atoms with Crippen molar-refractivity contribution in [3.63, 3.8) is 0 Å². The number of nitrogens with zero attached hydrogens (tertiary/aromatic N) is 6. The summed E-state index contributed by atoms with van der Waals surface area (Å²) in [5.74, 6) is 0.436. The molecule has 148 valence electrons. The third kappa shape index (κ3) is 3.51. The van der Waals surface area contributed by atoms with Crippen LogP contribution in [-0.2, 0) is 0 Å². The van der Waals surface area contributed by atoms with Crippen molar-refractivity contribution in [2.24, 2.45) is 0 Å². The number of carbonyl (C=O) groups excluding carboxylic acids is 1. The summed E-state index contributed by atoms with van der Waals surface area (Å²) in [6.07, 6.45) is 0. The first kappa shape index (κ1) is 18.7. The van der Waals surface area contributed by atoms with E-state index in [0.29, 0.717) is 11.1 Å². The van der Waals surface area contributed by atoms with Crippen LogP contribution in [-0.4, -0.2) is 39.6 Å². The molecule has 12 heteroatoms. The average molecular weight is 453 g/mol. The molecule has 0 aliphatic carbocycles. The molecule has 2 aromatic carbocycles. The van der Waals surface area contributed by atoms with Gasteiger partial charge >= 0.3 is 0 Å². The number of thiocarbonyl (C=S) groups is 1. The van der Waals surface area contributed by atoms with Gasteiger partial charge in [0.05, 0.1) is 11.7 Å². The SMILES string of the molecule is Cc1nnc2sc(-c3ccc(NC(=S)NC(=O)c4ccc5nsnc5c4)cc3)nn12. The second-order valence-electron chi connectivity index (χ2n) is 6.30. The summed E-state index contributed by atoms with van der Waals surface area (Å²) in [6.45, 7) is 1.86. The van der Waals surface area contributed by atoms with Crippen LogP contribution in [0.4, 0.5) is 5.69 Å². The number of anilines is 1. The molecule has 5 rings (SSSR count). The number of hydrogen-bond donors (Lipinski definition) is 2. The molecule has 0 unspecified atom stereocenters. The first-order valence-electron chi connectivity index (χ1n) is 8.71. The van der Waals surface area contributed by atoms with E-state index in [1.807, 2.05) is 31.2 Å². The summed E-state index contributed by atoms with van der Waals surface area (Å²) >= 11 is 7.84. The molecule has 5 aromatic rings. The monoisotopic (exact) mass is 452 g/mol. The van der Waals surface area contributed by atoms with Crippen LogP contribution >= 0.6 is 35.3 Å². The van der Waals surface area contributed by atoms with Gasteiger partial charge in [0.1, 0.15) is 16.0 Å². The molecule has 30 heavy (non-hydrogen) atoms. The molecule has 0 fully saturated rings. The predicted molar refractivity (Wildman–Crippen MR) is 120 cm³/mol. The molecular weight excluding hydrogens is 440 g/mol. The summed E-state index contributed by atoms with van der Waals surface area (Å²) < 4.78 is 9.99. The van der Waals surface area contributed by atoms with E-state index in [0.717, 1.165) is 44.3 Å². The Labute approximate surface area is 183 Å². The van der Waals surface area contributed by atoms with E-state index in [1.165, 1.54) is 11.3 Å². The van der Waals surface area contributed by atoms with Crippen molar-refractivity contribution < 1.29 is 4.79 Å². The Bertz CT molecular complexity index is 1400. The average Bonchev–Trinajstić information content (AvgIpc) is 3.45. The van der Waals surface area contributed by atoms with Gasteiger partial charge in [0.25, 0.3) is 5.91 Å². The standard InChI is InChI=1S/C18H12N8OS3/c1-9-21-22-18-26(9)23-16(29-18)10-2-5-12(6-3-10)19-17(28)20-15(27)11-4-7-13-14(8-11)25-30-24-13/h2-8H,1H3,(H2,19,20,27,28). The number of aromatic nitrogens is 6. The van der Waals surface area contributed by atoms with E-state index < -0.39 is 0 Å². The Hall–Kier alpha value is -3.35. The third-order valence-corrected chi connectivity index (χ3v) is 5.99. The Morgan fingerprint density at radius 3 is 2.67 bits per heavy atom. The number of benzene rings is 2. The fourth-order valence-corrected chi connectivity index (χ4v) is 4.41. The molecule has 0 saturated heterocycles. The molecule has 0 spiro atoms. The second kappa shape index (κ2) is 7.48. The molecule has 3 heterocycles. The number of nitrogens with one attached hydrogen (secondary N) is 2. The van der Waals surface area contributed by atoms with Crippen molar-refractivity contribution in [3.8, 4) is 10.6 Å². The summed E-state index contributed by atoms with van der Waals surface area (Å²) in [4.78, 5) is 13.2. The fraction of sp³-hybridized carbons (Fsp3) is 0.0556. The van der Waals surface area contributed by atoms with Crippen LogP contribution in [0.25, 0.3) is 26.6 Å². The topological polar surface area (TPSA) is 110 Å². The minimum absolute atomic E-state index is 0.207. The molecule has 0 aliphatic heterocycles. The molecular formula is C18H12N8OS3. The van der Waals surface area contributed by atoms with Crippen LogP contribution in [0.5, 0.6) is 0 Å². The van der Waals surface area contributed by atoms with E-state index >= 15 is 0 Å². The number of hydrogen-bond acceptors (Lipinski definition) is 9. The summed E-state index contributed by atoms with van der Waals surface area (Å²) in [7, 11) is 0. The van der Waals surface area contributed by atoms with Crippen molar-refractivity contribution >= 4 is 68.0 Å². The van der Waals surface area contributed by atoms with Crippen LogP contribution in [0.1, 0.15) is 16.2 Å². The van der Waals surface area contributed by atoms with Crippen molar-refractivity contribution in [2.75, 3.05) is 5.32 Å². The summed E-state index contributed by atoms with van der Waals surface area (Å²) in [5, 5.41) is 19.3. The lowest BCUT2D eigenvalue weighted by atomic mass is 10.2. The minimum atomic E-state index is -0.311.